The van der Waals surface area contributed by atoms with Crippen LogP contribution in [0.2, 0.25) is 0 Å². The number of amides is 1. The highest BCUT2D eigenvalue weighted by atomic mass is 16.1. The minimum Gasteiger partial charge on any atom is -0.366 e. The van der Waals surface area contributed by atoms with E-state index in [9.17, 15) is 4.79 Å². The van der Waals surface area contributed by atoms with E-state index in [4.69, 9.17) is 5.73 Å². The summed E-state index contributed by atoms with van der Waals surface area (Å²) in [6.45, 7) is 7.24. The smallest absolute Gasteiger partial charge is 0.249 e. The van der Waals surface area contributed by atoms with Gasteiger partial charge in [-0.25, -0.2) is 0 Å². The largest absolute Gasteiger partial charge is 0.366 e. The third-order valence-corrected chi connectivity index (χ3v) is 5.59. The van der Waals surface area contributed by atoms with Gasteiger partial charge in [0.25, 0.3) is 0 Å². The Morgan fingerprint density at radius 1 is 1.00 bits per heavy atom. The summed E-state index contributed by atoms with van der Waals surface area (Å²) in [5.41, 5.74) is 13.7. The Morgan fingerprint density at radius 3 is 2.54 bits per heavy atom. The van der Waals surface area contributed by atoms with E-state index in [0.29, 0.717) is 5.56 Å². The van der Waals surface area contributed by atoms with Gasteiger partial charge in [-0.1, -0.05) is 55.3 Å². The molecule has 1 amide bonds. The molecule has 0 aliphatic rings. The van der Waals surface area contributed by atoms with E-state index in [1.54, 1.807) is 0 Å². The summed E-state index contributed by atoms with van der Waals surface area (Å²) < 4.78 is 2.33. The Labute approximate surface area is 165 Å². The number of nitrogens with zero attached hydrogens (tertiary/aromatic N) is 1. The second-order valence-electron chi connectivity index (χ2n) is 7.68. The maximum absolute atomic E-state index is 12.1. The minimum atomic E-state index is -0.381. The molecule has 0 saturated heterocycles. The third-order valence-electron chi connectivity index (χ3n) is 5.59. The van der Waals surface area contributed by atoms with Gasteiger partial charge >= 0.3 is 0 Å². The van der Waals surface area contributed by atoms with Crippen LogP contribution in [0.25, 0.3) is 21.8 Å². The van der Waals surface area contributed by atoms with Crippen LogP contribution in [-0.4, -0.2) is 10.5 Å². The molecule has 3 aromatic carbocycles. The van der Waals surface area contributed by atoms with E-state index in [2.05, 4.69) is 67.8 Å². The lowest BCUT2D eigenvalue weighted by atomic mass is 10.0. The van der Waals surface area contributed by atoms with Crippen molar-refractivity contribution >= 4 is 27.7 Å². The van der Waals surface area contributed by atoms with E-state index in [-0.39, 0.29) is 5.91 Å². The monoisotopic (exact) mass is 370 g/mol. The number of carbonyl (C=O) groups excluding carboxylic acids is 1. The Bertz CT molecular complexity index is 1200. The predicted octanol–water partition coefficient (Wildman–Crippen LogP) is 5.51. The number of aromatic nitrogens is 1. The Kier molecular flexibility index (Phi) is 4.68. The second-order valence-corrected chi connectivity index (χ2v) is 7.68. The molecule has 3 nitrogen and oxygen atoms in total. The van der Waals surface area contributed by atoms with E-state index in [0.717, 1.165) is 41.2 Å². The van der Waals surface area contributed by atoms with Crippen molar-refractivity contribution in [3.8, 4) is 0 Å². The summed E-state index contributed by atoms with van der Waals surface area (Å²) in [6.07, 6.45) is 2.15. The van der Waals surface area contributed by atoms with Gasteiger partial charge in [0, 0.05) is 28.4 Å². The maximum Gasteiger partial charge on any atom is 0.249 e. The lowest BCUT2D eigenvalue weighted by molar-refractivity contribution is 0.100. The van der Waals surface area contributed by atoms with Crippen molar-refractivity contribution in [2.24, 2.45) is 5.73 Å². The quantitative estimate of drug-likeness (QED) is 0.495. The number of hydrogen-bond donors (Lipinski definition) is 1. The fourth-order valence-electron chi connectivity index (χ4n) is 4.20. The molecule has 1 aromatic heterocycles. The Hall–Kier alpha value is -3.07. The molecular formula is C25H26N2O. The first-order valence-electron chi connectivity index (χ1n) is 9.89. The zero-order valence-corrected chi connectivity index (χ0v) is 16.8. The highest BCUT2D eigenvalue weighted by Crippen LogP contribution is 2.33. The lowest BCUT2D eigenvalue weighted by Gasteiger charge is -2.12. The van der Waals surface area contributed by atoms with Gasteiger partial charge in [-0.15, -0.1) is 0 Å². The van der Waals surface area contributed by atoms with Crippen molar-refractivity contribution in [2.75, 3.05) is 0 Å². The number of hydrogen-bond acceptors (Lipinski definition) is 1. The summed E-state index contributed by atoms with van der Waals surface area (Å²) in [6, 6.07) is 19.0. The number of fused-ring (bicyclic) bond motifs is 3. The van der Waals surface area contributed by atoms with Gasteiger partial charge in [0.05, 0.1) is 5.52 Å². The molecule has 4 aromatic rings. The normalized spacial score (nSPS) is 11.4. The highest BCUT2D eigenvalue weighted by molar-refractivity contribution is 6.18. The molecule has 4 rings (SSSR count). The van der Waals surface area contributed by atoms with Crippen LogP contribution in [-0.2, 0) is 13.0 Å². The zero-order chi connectivity index (χ0) is 19.8. The van der Waals surface area contributed by atoms with Crippen LogP contribution in [0, 0.1) is 13.8 Å². The first-order chi connectivity index (χ1) is 13.5. The average molecular weight is 370 g/mol. The molecule has 0 bridgehead atoms. The first kappa shape index (κ1) is 18.3. The van der Waals surface area contributed by atoms with E-state index in [1.165, 1.54) is 22.3 Å². The van der Waals surface area contributed by atoms with Crippen LogP contribution >= 0.6 is 0 Å². The van der Waals surface area contributed by atoms with Crippen molar-refractivity contribution < 1.29 is 4.79 Å². The predicted molar refractivity (Wildman–Crippen MR) is 117 cm³/mol. The molecule has 0 fully saturated rings. The van der Waals surface area contributed by atoms with Gasteiger partial charge in [0.1, 0.15) is 0 Å². The fraction of sp³-hybridized carbons (Fsp3) is 0.240. The number of rotatable bonds is 5. The molecule has 0 aliphatic heterocycles. The number of benzene rings is 3. The van der Waals surface area contributed by atoms with Crippen molar-refractivity contribution in [3.05, 3.63) is 82.4 Å². The van der Waals surface area contributed by atoms with Crippen LogP contribution in [0.5, 0.6) is 0 Å². The summed E-state index contributed by atoms with van der Waals surface area (Å²) in [5.74, 6) is -0.381. The van der Waals surface area contributed by atoms with Crippen LogP contribution < -0.4 is 5.73 Å². The Balaban J connectivity index is 2.02. The second kappa shape index (κ2) is 7.16. The molecule has 0 saturated carbocycles. The van der Waals surface area contributed by atoms with Crippen LogP contribution in [0.3, 0.4) is 0 Å². The summed E-state index contributed by atoms with van der Waals surface area (Å²) in [5, 5.41) is 2.05. The molecule has 2 N–H and O–H groups in total. The third kappa shape index (κ3) is 3.07. The van der Waals surface area contributed by atoms with Gasteiger partial charge < -0.3 is 10.3 Å². The fourth-order valence-corrected chi connectivity index (χ4v) is 4.20. The lowest BCUT2D eigenvalue weighted by Crippen LogP contribution is -2.11. The van der Waals surface area contributed by atoms with Crippen molar-refractivity contribution in [1.29, 1.82) is 0 Å². The molecule has 0 aliphatic carbocycles. The molecule has 1 heterocycles. The molecule has 0 spiro atoms. The first-order valence-corrected chi connectivity index (χ1v) is 9.89. The minimum absolute atomic E-state index is 0.381. The summed E-state index contributed by atoms with van der Waals surface area (Å²) >= 11 is 0. The topological polar surface area (TPSA) is 48.0 Å². The molecular weight excluding hydrogens is 344 g/mol. The highest BCUT2D eigenvalue weighted by Gasteiger charge is 2.17. The molecule has 28 heavy (non-hydrogen) atoms. The number of carbonyl (C=O) groups is 1. The van der Waals surface area contributed by atoms with Crippen LogP contribution in [0.1, 0.15) is 46.0 Å². The van der Waals surface area contributed by atoms with Gasteiger partial charge in [-0.05, 0) is 55.2 Å². The van der Waals surface area contributed by atoms with E-state index in [1.807, 2.05) is 12.1 Å². The van der Waals surface area contributed by atoms with Gasteiger partial charge in [0.15, 0.2) is 0 Å². The summed E-state index contributed by atoms with van der Waals surface area (Å²) in [7, 11) is 0. The van der Waals surface area contributed by atoms with Gasteiger partial charge in [0.2, 0.25) is 5.91 Å². The average Bonchev–Trinajstić information content (AvgIpc) is 2.97. The van der Waals surface area contributed by atoms with E-state index < -0.39 is 0 Å². The van der Waals surface area contributed by atoms with Crippen molar-refractivity contribution in [2.45, 2.75) is 40.2 Å². The SMILES string of the molecule is CCCc1ccc2c3c(C(N)=O)cccc3n(Cc3ccc(C)cc3C)c2c1. The molecule has 3 heteroatoms. The number of primary amides is 1. The van der Waals surface area contributed by atoms with Gasteiger partial charge in [-0.3, -0.25) is 4.79 Å². The Morgan fingerprint density at radius 2 is 1.82 bits per heavy atom. The maximum atomic E-state index is 12.1. The standard InChI is InChI=1S/C25H26N2O/c1-4-6-18-10-12-20-23(14-18)27(15-19-11-9-16(2)13-17(19)3)22-8-5-7-21(24(20)22)25(26)28/h5,7-14H,4,6,15H2,1-3H3,(H2,26,28). The van der Waals surface area contributed by atoms with Crippen LogP contribution in [0.15, 0.2) is 54.6 Å². The number of nitrogens with two attached hydrogens (primary N) is 1. The van der Waals surface area contributed by atoms with E-state index >= 15 is 0 Å². The summed E-state index contributed by atoms with van der Waals surface area (Å²) in [4.78, 5) is 12.1. The van der Waals surface area contributed by atoms with Crippen LogP contribution in [0.4, 0.5) is 0 Å². The molecule has 0 atom stereocenters. The molecule has 0 radical (unpaired) electrons. The zero-order valence-electron chi connectivity index (χ0n) is 16.8. The number of aryl methyl sites for hydroxylation is 3. The van der Waals surface area contributed by atoms with Crippen molar-refractivity contribution in [1.82, 2.24) is 4.57 Å². The van der Waals surface area contributed by atoms with Gasteiger partial charge in [-0.2, -0.15) is 0 Å². The molecule has 0 unspecified atom stereocenters. The van der Waals surface area contributed by atoms with Crippen molar-refractivity contribution in [3.63, 3.8) is 0 Å². The molecule has 142 valence electrons.